The van der Waals surface area contributed by atoms with Crippen LogP contribution in [-0.4, -0.2) is 30.3 Å². The van der Waals surface area contributed by atoms with Gasteiger partial charge in [-0.15, -0.1) is 11.3 Å². The highest BCUT2D eigenvalue weighted by molar-refractivity contribution is 7.16. The quantitative estimate of drug-likeness (QED) is 0.486. The lowest BCUT2D eigenvalue weighted by Crippen LogP contribution is -2.26. The minimum absolute atomic E-state index is 0.294. The maximum absolute atomic E-state index is 12.0. The van der Waals surface area contributed by atoms with E-state index in [2.05, 4.69) is 49.8 Å². The first-order valence-corrected chi connectivity index (χ1v) is 10.3. The van der Waals surface area contributed by atoms with Gasteiger partial charge in [0.05, 0.1) is 27.0 Å². The summed E-state index contributed by atoms with van der Waals surface area (Å²) in [6, 6.07) is 6.41. The molecule has 30 heavy (non-hydrogen) atoms. The maximum atomic E-state index is 12.0. The van der Waals surface area contributed by atoms with E-state index in [1.165, 1.54) is 16.5 Å². The molecule has 3 heterocycles. The summed E-state index contributed by atoms with van der Waals surface area (Å²) in [5.74, 6) is 1.37. The Hall–Kier alpha value is -3.59. The van der Waals surface area contributed by atoms with Crippen molar-refractivity contribution in [1.82, 2.24) is 24.6 Å². The molecule has 2 atom stereocenters. The number of aromatic nitrogens is 5. The number of fused-ring (bicyclic) bond motifs is 1. The third kappa shape index (κ3) is 3.22. The Morgan fingerprint density at radius 1 is 1.33 bits per heavy atom. The number of hydrogen-bond donors (Lipinski definition) is 2. The molecule has 1 saturated carbocycles. The van der Waals surface area contributed by atoms with Crippen LogP contribution in [0.4, 0.5) is 0 Å². The molecule has 8 nitrogen and oxygen atoms in total. The number of nitrogens with one attached hydrogen (secondary N) is 2. The second kappa shape index (κ2) is 7.03. The lowest BCUT2D eigenvalue weighted by atomic mass is 10.1. The predicted molar refractivity (Wildman–Crippen MR) is 117 cm³/mol. The van der Waals surface area contributed by atoms with Gasteiger partial charge in [0.15, 0.2) is 5.82 Å². The van der Waals surface area contributed by atoms with E-state index in [1.807, 2.05) is 5.51 Å². The number of H-pyrrole nitrogens is 2. The molecule has 3 aromatic heterocycles. The minimum Gasteiger partial charge on any atom is -0.313 e. The molecule has 1 fully saturated rings. The van der Waals surface area contributed by atoms with Crippen molar-refractivity contribution in [1.29, 1.82) is 0 Å². The van der Waals surface area contributed by atoms with Gasteiger partial charge in [0.2, 0.25) is 0 Å². The molecular weight excluding hydrogens is 400 g/mol. The van der Waals surface area contributed by atoms with Gasteiger partial charge >= 0.3 is 5.69 Å². The molecule has 0 radical (unpaired) electrons. The molecule has 150 valence electrons. The number of allylic oxidation sites excluding steroid dienone is 1. The summed E-state index contributed by atoms with van der Waals surface area (Å²) < 4.78 is 2.82. The molecule has 4 aromatic rings. The van der Waals surface area contributed by atoms with E-state index in [9.17, 15) is 9.59 Å². The Morgan fingerprint density at radius 3 is 3.03 bits per heavy atom. The van der Waals surface area contributed by atoms with E-state index in [0.29, 0.717) is 28.9 Å². The van der Waals surface area contributed by atoms with Crippen molar-refractivity contribution in [2.45, 2.75) is 19.3 Å². The summed E-state index contributed by atoms with van der Waals surface area (Å²) in [4.78, 5) is 36.7. The molecule has 1 aliphatic carbocycles. The topological polar surface area (TPSA) is 109 Å². The Morgan fingerprint density at radius 2 is 2.20 bits per heavy atom. The van der Waals surface area contributed by atoms with Crippen LogP contribution < -0.4 is 11.2 Å². The van der Waals surface area contributed by atoms with Crippen LogP contribution in [0.3, 0.4) is 0 Å². The van der Waals surface area contributed by atoms with Crippen LogP contribution in [0.1, 0.15) is 36.2 Å². The summed E-state index contributed by atoms with van der Waals surface area (Å²) in [6.45, 7) is 5.99. The van der Waals surface area contributed by atoms with Crippen LogP contribution in [0, 0.1) is 5.92 Å². The fourth-order valence-electron chi connectivity index (χ4n) is 3.72. The van der Waals surface area contributed by atoms with E-state index >= 15 is 0 Å². The van der Waals surface area contributed by atoms with Crippen molar-refractivity contribution in [3.05, 3.63) is 86.7 Å². The zero-order valence-electron chi connectivity index (χ0n) is 16.1. The van der Waals surface area contributed by atoms with Gasteiger partial charge in [-0.25, -0.2) is 19.4 Å². The molecular formula is C21H18N6O2S. The zero-order valence-corrected chi connectivity index (χ0v) is 16.9. The first kappa shape index (κ1) is 18.4. The minimum atomic E-state index is -0.551. The van der Waals surface area contributed by atoms with Crippen LogP contribution in [0.25, 0.3) is 15.8 Å². The number of imidazole rings is 1. The lowest BCUT2D eigenvalue weighted by Gasteiger charge is -2.07. The fraction of sp³-hybridized carbons (Fsp3) is 0.190. The van der Waals surface area contributed by atoms with E-state index in [1.54, 1.807) is 35.3 Å². The maximum Gasteiger partial charge on any atom is 0.325 e. The van der Waals surface area contributed by atoms with Crippen molar-refractivity contribution < 1.29 is 0 Å². The Labute approximate surface area is 174 Å². The Balaban J connectivity index is 1.40. The molecule has 0 aliphatic heterocycles. The molecule has 0 saturated heterocycles. The van der Waals surface area contributed by atoms with Crippen LogP contribution in [0.5, 0.6) is 0 Å². The first-order chi connectivity index (χ1) is 14.5. The summed E-state index contributed by atoms with van der Waals surface area (Å²) >= 11 is 1.65. The van der Waals surface area contributed by atoms with Gasteiger partial charge in [-0.3, -0.25) is 9.78 Å². The normalized spacial score (nSPS) is 18.6. The van der Waals surface area contributed by atoms with Crippen LogP contribution in [0.15, 0.2) is 63.6 Å². The van der Waals surface area contributed by atoms with Crippen molar-refractivity contribution >= 4 is 32.8 Å². The summed E-state index contributed by atoms with van der Waals surface area (Å²) in [5.41, 5.74) is 4.81. The van der Waals surface area contributed by atoms with E-state index < -0.39 is 11.2 Å². The van der Waals surface area contributed by atoms with Gasteiger partial charge < -0.3 is 4.98 Å². The lowest BCUT2D eigenvalue weighted by molar-refractivity contribution is 0.837. The van der Waals surface area contributed by atoms with Crippen molar-refractivity contribution in [3.8, 4) is 0 Å². The number of hydrogen-bond acceptors (Lipinski definition) is 6. The Kier molecular flexibility index (Phi) is 4.32. The van der Waals surface area contributed by atoms with Gasteiger partial charge in [-0.2, -0.15) is 5.10 Å². The SMILES string of the molecule is C=C(c1nccn1/N=C(\C)c1c[nH]c(=O)[nH]c1=O)[C@H]1C[C@@H]1c1ccc2ncsc2c1. The predicted octanol–water partition coefficient (Wildman–Crippen LogP) is 2.96. The van der Waals surface area contributed by atoms with Gasteiger partial charge in [-0.05, 0) is 48.4 Å². The molecule has 1 aromatic carbocycles. The molecule has 9 heteroatoms. The third-order valence-electron chi connectivity index (χ3n) is 5.40. The number of thiazole rings is 1. The smallest absolute Gasteiger partial charge is 0.313 e. The molecule has 0 bridgehead atoms. The summed E-state index contributed by atoms with van der Waals surface area (Å²) in [6.07, 6.45) is 5.76. The van der Waals surface area contributed by atoms with Crippen molar-refractivity contribution in [2.75, 3.05) is 0 Å². The molecule has 0 unspecified atom stereocenters. The summed E-state index contributed by atoms with van der Waals surface area (Å²) in [7, 11) is 0. The van der Waals surface area contributed by atoms with Gasteiger partial charge in [0.25, 0.3) is 5.56 Å². The highest BCUT2D eigenvalue weighted by atomic mass is 32.1. The highest BCUT2D eigenvalue weighted by Crippen LogP contribution is 2.54. The fourth-order valence-corrected chi connectivity index (χ4v) is 4.44. The monoisotopic (exact) mass is 418 g/mol. The molecule has 1 aliphatic rings. The van der Waals surface area contributed by atoms with Crippen LogP contribution >= 0.6 is 11.3 Å². The highest BCUT2D eigenvalue weighted by Gasteiger charge is 2.41. The van der Waals surface area contributed by atoms with Gasteiger partial charge in [-0.1, -0.05) is 12.6 Å². The van der Waals surface area contributed by atoms with E-state index in [4.69, 9.17) is 0 Å². The second-order valence-corrected chi connectivity index (χ2v) is 8.21. The molecule has 5 rings (SSSR count). The number of aromatic amines is 2. The Bertz CT molecular complexity index is 1420. The first-order valence-electron chi connectivity index (χ1n) is 9.45. The molecule has 0 amide bonds. The number of rotatable bonds is 5. The number of benzene rings is 1. The number of nitrogens with zero attached hydrogens (tertiary/aromatic N) is 4. The molecule has 0 spiro atoms. The zero-order chi connectivity index (χ0) is 20.8. The van der Waals surface area contributed by atoms with E-state index in [-0.39, 0.29) is 0 Å². The van der Waals surface area contributed by atoms with Gasteiger partial charge in [0, 0.05) is 18.6 Å². The average Bonchev–Trinajstić information content (AvgIpc) is 3.15. The standard InChI is InChI=1S/C21H18N6O2S/c1-11(14-8-15(14)13-3-4-17-18(7-13)30-10-24-17)19-22-5-6-27(19)26-12(2)16-9-23-21(29)25-20(16)28/h3-7,9-10,14-15H,1,8H2,2H3,(H2,23,25,28,29)/b26-12+/t14-,15-/m1/s1. The van der Waals surface area contributed by atoms with Crippen LogP contribution in [-0.2, 0) is 0 Å². The molecule has 2 N–H and O–H groups in total. The van der Waals surface area contributed by atoms with E-state index in [0.717, 1.165) is 17.5 Å². The third-order valence-corrected chi connectivity index (χ3v) is 6.19. The van der Waals surface area contributed by atoms with Crippen LogP contribution in [0.2, 0.25) is 0 Å². The van der Waals surface area contributed by atoms with Crippen molar-refractivity contribution in [3.63, 3.8) is 0 Å². The largest absolute Gasteiger partial charge is 0.325 e. The second-order valence-electron chi connectivity index (χ2n) is 7.32. The van der Waals surface area contributed by atoms with Gasteiger partial charge in [0.1, 0.15) is 0 Å². The van der Waals surface area contributed by atoms with Crippen molar-refractivity contribution in [2.24, 2.45) is 11.0 Å². The summed E-state index contributed by atoms with van der Waals surface area (Å²) in [5, 5.41) is 4.50. The average molecular weight is 418 g/mol.